The average Bonchev–Trinajstić information content (AvgIpc) is 3.12. The Morgan fingerprint density at radius 3 is 2.52 bits per heavy atom. The molecule has 0 bridgehead atoms. The fraction of sp³-hybridized carbons (Fsp3) is 0.190. The standard InChI is InChI=1S/C19H16FN3O.C2HF3O2/c1-11-7-18-15(19(24)22-11)10-17(23-18)13-5-6-21-16(9-13)12-3-2-4-14(20)8-12;3-2(4,5)1(6)7/h2-6,8-11,23H,7H2,1H3,(H,22,24);(H,6,7). The maximum Gasteiger partial charge on any atom is 0.490 e. The van der Waals surface area contributed by atoms with Gasteiger partial charge >= 0.3 is 12.1 Å². The number of hydrogen-bond donors (Lipinski definition) is 3. The Balaban J connectivity index is 0.000000339. The summed E-state index contributed by atoms with van der Waals surface area (Å²) in [5.41, 5.74) is 4.83. The highest BCUT2D eigenvalue weighted by Gasteiger charge is 2.38. The largest absolute Gasteiger partial charge is 0.490 e. The van der Waals surface area contributed by atoms with Crippen molar-refractivity contribution in [3.8, 4) is 22.5 Å². The molecule has 0 radical (unpaired) electrons. The first-order chi connectivity index (χ1) is 14.5. The minimum Gasteiger partial charge on any atom is -0.475 e. The Bertz CT molecular complexity index is 1130. The van der Waals surface area contributed by atoms with Crippen LogP contribution in [0.4, 0.5) is 17.6 Å². The van der Waals surface area contributed by atoms with Crippen molar-refractivity contribution in [1.29, 1.82) is 0 Å². The lowest BCUT2D eigenvalue weighted by atomic mass is 10.0. The number of H-pyrrole nitrogens is 1. The molecule has 0 saturated carbocycles. The van der Waals surface area contributed by atoms with E-state index in [0.29, 0.717) is 11.3 Å². The van der Waals surface area contributed by atoms with Crippen molar-refractivity contribution in [2.24, 2.45) is 0 Å². The van der Waals surface area contributed by atoms with Crippen molar-refractivity contribution in [3.63, 3.8) is 0 Å². The molecule has 0 saturated heterocycles. The Labute approximate surface area is 173 Å². The number of nitrogens with zero attached hydrogens (tertiary/aromatic N) is 1. The number of hydrogen-bond acceptors (Lipinski definition) is 3. The Hall–Kier alpha value is -3.69. The van der Waals surface area contributed by atoms with Crippen LogP contribution < -0.4 is 5.32 Å². The van der Waals surface area contributed by atoms with E-state index in [4.69, 9.17) is 9.90 Å². The van der Waals surface area contributed by atoms with E-state index in [2.05, 4.69) is 15.3 Å². The summed E-state index contributed by atoms with van der Waals surface area (Å²) in [4.78, 5) is 28.6. The van der Waals surface area contributed by atoms with Crippen molar-refractivity contribution in [2.75, 3.05) is 0 Å². The molecule has 10 heteroatoms. The molecule has 31 heavy (non-hydrogen) atoms. The SMILES string of the molecule is CC1Cc2[nH]c(-c3ccnc(-c4cccc(F)c4)c3)cc2C(=O)N1.O=C(O)C(F)(F)F. The number of carboxylic acid groups (broad SMARTS) is 1. The number of carbonyl (C=O) groups is 2. The predicted molar refractivity (Wildman–Crippen MR) is 104 cm³/mol. The highest BCUT2D eigenvalue weighted by molar-refractivity contribution is 5.98. The number of fused-ring (bicyclic) bond motifs is 1. The van der Waals surface area contributed by atoms with Crippen LogP contribution >= 0.6 is 0 Å². The Morgan fingerprint density at radius 1 is 1.16 bits per heavy atom. The van der Waals surface area contributed by atoms with Crippen molar-refractivity contribution in [2.45, 2.75) is 25.6 Å². The minimum atomic E-state index is -5.08. The van der Waals surface area contributed by atoms with Gasteiger partial charge in [-0.3, -0.25) is 9.78 Å². The highest BCUT2D eigenvalue weighted by Crippen LogP contribution is 2.28. The van der Waals surface area contributed by atoms with Gasteiger partial charge in [-0.1, -0.05) is 12.1 Å². The van der Waals surface area contributed by atoms with Crippen LogP contribution in [0.3, 0.4) is 0 Å². The lowest BCUT2D eigenvalue weighted by Gasteiger charge is -2.19. The Kier molecular flexibility index (Phi) is 6.09. The number of rotatable bonds is 2. The van der Waals surface area contributed by atoms with Crippen LogP contribution in [0.25, 0.3) is 22.5 Å². The van der Waals surface area contributed by atoms with E-state index < -0.39 is 12.1 Å². The van der Waals surface area contributed by atoms with Gasteiger partial charge in [-0.25, -0.2) is 9.18 Å². The second-order valence-corrected chi connectivity index (χ2v) is 6.90. The molecule has 6 nitrogen and oxygen atoms in total. The number of aliphatic carboxylic acids is 1. The third kappa shape index (κ3) is 5.27. The van der Waals surface area contributed by atoms with Gasteiger partial charge in [0.1, 0.15) is 5.82 Å². The summed E-state index contributed by atoms with van der Waals surface area (Å²) >= 11 is 0. The van der Waals surface area contributed by atoms with Gasteiger partial charge in [-0.05, 0) is 37.3 Å². The average molecular weight is 435 g/mol. The first kappa shape index (κ1) is 22.0. The van der Waals surface area contributed by atoms with E-state index in [1.807, 2.05) is 31.2 Å². The number of aromatic nitrogens is 2. The van der Waals surface area contributed by atoms with Crippen molar-refractivity contribution in [3.05, 3.63) is 65.7 Å². The number of aromatic amines is 1. The molecule has 4 rings (SSSR count). The summed E-state index contributed by atoms with van der Waals surface area (Å²) in [5.74, 6) is -3.10. The third-order valence-electron chi connectivity index (χ3n) is 4.47. The fourth-order valence-electron chi connectivity index (χ4n) is 3.08. The van der Waals surface area contributed by atoms with Gasteiger partial charge in [0.25, 0.3) is 5.91 Å². The van der Waals surface area contributed by atoms with Crippen molar-refractivity contribution < 1.29 is 32.3 Å². The zero-order valence-electron chi connectivity index (χ0n) is 16.1. The maximum atomic E-state index is 13.4. The van der Waals surface area contributed by atoms with E-state index in [1.165, 1.54) is 12.1 Å². The molecule has 1 atom stereocenters. The molecule has 3 heterocycles. The van der Waals surface area contributed by atoms with Crippen LogP contribution in [0, 0.1) is 5.82 Å². The summed E-state index contributed by atoms with van der Waals surface area (Å²) in [5, 5.41) is 10.1. The number of carboxylic acids is 1. The molecule has 3 N–H and O–H groups in total. The number of alkyl halides is 3. The van der Waals surface area contributed by atoms with Gasteiger partial charge < -0.3 is 15.4 Å². The number of pyridine rings is 1. The van der Waals surface area contributed by atoms with Crippen LogP contribution in [0.2, 0.25) is 0 Å². The van der Waals surface area contributed by atoms with Crippen LogP contribution in [0.15, 0.2) is 48.7 Å². The molecule has 162 valence electrons. The molecule has 1 aromatic carbocycles. The van der Waals surface area contributed by atoms with Crippen LogP contribution in [-0.4, -0.2) is 39.2 Å². The molecule has 1 unspecified atom stereocenters. The number of carbonyl (C=O) groups excluding carboxylic acids is 1. The number of nitrogens with one attached hydrogen (secondary N) is 2. The molecule has 1 aliphatic rings. The third-order valence-corrected chi connectivity index (χ3v) is 4.47. The van der Waals surface area contributed by atoms with E-state index in [0.717, 1.165) is 28.9 Å². The molecular formula is C21H17F4N3O3. The lowest BCUT2D eigenvalue weighted by molar-refractivity contribution is -0.192. The van der Waals surface area contributed by atoms with Gasteiger partial charge in [0.2, 0.25) is 0 Å². The number of amides is 1. The molecule has 1 aliphatic heterocycles. The molecule has 2 aromatic heterocycles. The monoisotopic (exact) mass is 435 g/mol. The van der Waals surface area contributed by atoms with E-state index in [9.17, 15) is 22.4 Å². The highest BCUT2D eigenvalue weighted by atomic mass is 19.4. The molecular weight excluding hydrogens is 418 g/mol. The summed E-state index contributed by atoms with van der Waals surface area (Å²) < 4.78 is 45.2. The van der Waals surface area contributed by atoms with E-state index in [1.54, 1.807) is 12.3 Å². The zero-order valence-corrected chi connectivity index (χ0v) is 16.1. The van der Waals surface area contributed by atoms with E-state index in [-0.39, 0.29) is 17.8 Å². The maximum absolute atomic E-state index is 13.4. The quantitative estimate of drug-likeness (QED) is 0.526. The minimum absolute atomic E-state index is 0.0503. The van der Waals surface area contributed by atoms with Crippen LogP contribution in [0.5, 0.6) is 0 Å². The molecule has 0 fully saturated rings. The summed E-state index contributed by atoms with van der Waals surface area (Å²) in [6.07, 6.45) is -2.61. The summed E-state index contributed by atoms with van der Waals surface area (Å²) in [7, 11) is 0. The van der Waals surface area contributed by atoms with Crippen molar-refractivity contribution in [1.82, 2.24) is 15.3 Å². The molecule has 0 aliphatic carbocycles. The fourth-order valence-corrected chi connectivity index (χ4v) is 3.08. The predicted octanol–water partition coefficient (Wildman–Crippen LogP) is 4.19. The van der Waals surface area contributed by atoms with Crippen LogP contribution in [0.1, 0.15) is 23.0 Å². The first-order valence-corrected chi connectivity index (χ1v) is 9.10. The first-order valence-electron chi connectivity index (χ1n) is 9.10. The second kappa shape index (κ2) is 8.58. The molecule has 1 amide bonds. The summed E-state index contributed by atoms with van der Waals surface area (Å²) in [6.45, 7) is 1.98. The number of benzene rings is 1. The smallest absolute Gasteiger partial charge is 0.475 e. The number of halogens is 4. The Morgan fingerprint density at radius 2 is 1.87 bits per heavy atom. The van der Waals surface area contributed by atoms with E-state index >= 15 is 0 Å². The van der Waals surface area contributed by atoms with Gasteiger partial charge in [0.05, 0.1) is 11.3 Å². The lowest BCUT2D eigenvalue weighted by Crippen LogP contribution is -2.38. The van der Waals surface area contributed by atoms with Crippen molar-refractivity contribution >= 4 is 11.9 Å². The second-order valence-electron chi connectivity index (χ2n) is 6.90. The topological polar surface area (TPSA) is 95.1 Å². The molecule has 3 aromatic rings. The van der Waals surface area contributed by atoms with Gasteiger partial charge in [0, 0.05) is 41.2 Å². The van der Waals surface area contributed by atoms with Gasteiger partial charge in [0.15, 0.2) is 0 Å². The molecule has 0 spiro atoms. The normalized spacial score (nSPS) is 15.4. The van der Waals surface area contributed by atoms with Gasteiger partial charge in [-0.2, -0.15) is 13.2 Å². The van der Waals surface area contributed by atoms with Crippen LogP contribution in [-0.2, 0) is 11.2 Å². The van der Waals surface area contributed by atoms with Gasteiger partial charge in [-0.15, -0.1) is 0 Å². The zero-order chi connectivity index (χ0) is 22.8. The summed E-state index contributed by atoms with van der Waals surface area (Å²) in [6, 6.07) is 12.1.